The summed E-state index contributed by atoms with van der Waals surface area (Å²) in [6.45, 7) is 0. The van der Waals surface area contributed by atoms with Gasteiger partial charge in [-0.2, -0.15) is 13.5 Å². The highest BCUT2D eigenvalue weighted by Crippen LogP contribution is 2.33. The number of benzene rings is 2. The minimum Gasteiger partial charge on any atom is -0.496 e. The molecule has 25 heavy (non-hydrogen) atoms. The predicted molar refractivity (Wildman–Crippen MR) is 95.5 cm³/mol. The van der Waals surface area contributed by atoms with Crippen molar-refractivity contribution in [2.24, 2.45) is 5.10 Å². The Bertz CT molecular complexity index is 867. The van der Waals surface area contributed by atoms with Gasteiger partial charge >= 0.3 is 0 Å². The number of halogens is 1. The Balaban J connectivity index is 2.25. The van der Waals surface area contributed by atoms with E-state index in [1.807, 2.05) is 0 Å². The smallest absolute Gasteiger partial charge is 0.276 e. The second-order valence-electron chi connectivity index (χ2n) is 4.76. The van der Waals surface area contributed by atoms with Crippen molar-refractivity contribution in [2.75, 3.05) is 21.3 Å². The van der Waals surface area contributed by atoms with Crippen LogP contribution in [-0.2, 0) is 10.0 Å². The van der Waals surface area contributed by atoms with E-state index in [1.165, 1.54) is 51.8 Å². The number of ether oxygens (including phenoxy) is 3. The lowest BCUT2D eigenvalue weighted by atomic mass is 10.2. The van der Waals surface area contributed by atoms with Crippen molar-refractivity contribution in [3.05, 3.63) is 47.0 Å². The number of sulfonamides is 1. The maximum absolute atomic E-state index is 12.2. The standard InChI is InChI=1S/C16H17ClN2O5S/c1-22-14-9-16(24-3)15(23-2)8-11(14)10-18-19-25(20,21)13-6-4-12(17)5-7-13/h4-10,19H,1-3H3/b18-10-. The average Bonchev–Trinajstić information content (AvgIpc) is 2.61. The van der Waals surface area contributed by atoms with Gasteiger partial charge in [0.25, 0.3) is 10.0 Å². The van der Waals surface area contributed by atoms with E-state index < -0.39 is 10.0 Å². The lowest BCUT2D eigenvalue weighted by Gasteiger charge is -2.11. The van der Waals surface area contributed by atoms with Crippen LogP contribution in [0.15, 0.2) is 46.4 Å². The van der Waals surface area contributed by atoms with Gasteiger partial charge in [-0.3, -0.25) is 0 Å². The number of nitrogens with one attached hydrogen (secondary N) is 1. The number of hydrazone groups is 1. The first kappa shape index (κ1) is 18.9. The molecule has 0 radical (unpaired) electrons. The zero-order chi connectivity index (χ0) is 18.4. The number of nitrogens with zero attached hydrogens (tertiary/aromatic N) is 1. The molecule has 0 aliphatic heterocycles. The summed E-state index contributed by atoms with van der Waals surface area (Å²) in [5.74, 6) is 1.40. The van der Waals surface area contributed by atoms with E-state index in [0.717, 1.165) is 0 Å². The van der Waals surface area contributed by atoms with Gasteiger partial charge in [0, 0.05) is 16.7 Å². The molecule has 0 aliphatic rings. The number of rotatable bonds is 7. The van der Waals surface area contributed by atoms with Gasteiger partial charge in [0.1, 0.15) is 5.75 Å². The highest BCUT2D eigenvalue weighted by Gasteiger charge is 2.13. The van der Waals surface area contributed by atoms with Crippen LogP contribution in [0.5, 0.6) is 17.2 Å². The van der Waals surface area contributed by atoms with Crippen molar-refractivity contribution in [1.29, 1.82) is 0 Å². The molecule has 2 aromatic rings. The van der Waals surface area contributed by atoms with Crippen molar-refractivity contribution in [3.8, 4) is 17.2 Å². The summed E-state index contributed by atoms with van der Waals surface area (Å²) in [7, 11) is 0.684. The molecule has 0 spiro atoms. The van der Waals surface area contributed by atoms with Crippen LogP contribution >= 0.6 is 11.6 Å². The molecule has 0 atom stereocenters. The molecule has 7 nitrogen and oxygen atoms in total. The van der Waals surface area contributed by atoms with E-state index in [9.17, 15) is 8.42 Å². The molecular formula is C16H17ClN2O5S. The third-order valence-electron chi connectivity index (χ3n) is 3.24. The van der Waals surface area contributed by atoms with Gasteiger partial charge < -0.3 is 14.2 Å². The Morgan fingerprint density at radius 3 is 2.08 bits per heavy atom. The average molecular weight is 385 g/mol. The van der Waals surface area contributed by atoms with E-state index in [-0.39, 0.29) is 4.90 Å². The maximum atomic E-state index is 12.2. The van der Waals surface area contributed by atoms with E-state index in [2.05, 4.69) is 9.93 Å². The molecule has 0 heterocycles. The van der Waals surface area contributed by atoms with Gasteiger partial charge in [0.2, 0.25) is 0 Å². The van der Waals surface area contributed by atoms with Gasteiger partial charge in [0.15, 0.2) is 11.5 Å². The topological polar surface area (TPSA) is 86.2 Å². The van der Waals surface area contributed by atoms with E-state index in [0.29, 0.717) is 27.8 Å². The Morgan fingerprint density at radius 2 is 1.52 bits per heavy atom. The summed E-state index contributed by atoms with van der Waals surface area (Å²) < 4.78 is 40.0. The minimum absolute atomic E-state index is 0.0494. The summed E-state index contributed by atoms with van der Waals surface area (Å²) in [5, 5.41) is 4.22. The first-order valence-electron chi connectivity index (χ1n) is 7.01. The summed E-state index contributed by atoms with van der Waals surface area (Å²) in [6.07, 6.45) is 1.31. The maximum Gasteiger partial charge on any atom is 0.276 e. The molecule has 2 rings (SSSR count). The summed E-state index contributed by atoms with van der Waals surface area (Å²) in [4.78, 5) is 2.18. The van der Waals surface area contributed by atoms with Crippen LogP contribution in [-0.4, -0.2) is 36.0 Å². The van der Waals surface area contributed by atoms with E-state index in [4.69, 9.17) is 25.8 Å². The van der Waals surface area contributed by atoms with Crippen molar-refractivity contribution in [1.82, 2.24) is 4.83 Å². The largest absolute Gasteiger partial charge is 0.496 e. The SMILES string of the molecule is COc1cc(OC)c(OC)cc1/C=N\NS(=O)(=O)c1ccc(Cl)cc1. The second kappa shape index (κ2) is 8.09. The van der Waals surface area contributed by atoms with Gasteiger partial charge in [-0.1, -0.05) is 11.6 Å². The highest BCUT2D eigenvalue weighted by molar-refractivity contribution is 7.89. The van der Waals surface area contributed by atoms with Crippen LogP contribution in [0.2, 0.25) is 5.02 Å². The Hall–Kier alpha value is -2.45. The molecule has 0 fully saturated rings. The predicted octanol–water partition coefficient (Wildman–Crippen LogP) is 2.68. The first-order valence-corrected chi connectivity index (χ1v) is 8.88. The quantitative estimate of drug-likeness (QED) is 0.586. The van der Waals surface area contributed by atoms with Crippen LogP contribution in [0.3, 0.4) is 0 Å². The van der Waals surface area contributed by atoms with Crippen molar-refractivity contribution >= 4 is 27.8 Å². The lowest BCUT2D eigenvalue weighted by molar-refractivity contribution is 0.349. The Morgan fingerprint density at radius 1 is 0.960 bits per heavy atom. The van der Waals surface area contributed by atoms with Crippen LogP contribution in [0, 0.1) is 0 Å². The molecule has 2 aromatic carbocycles. The number of methoxy groups -OCH3 is 3. The van der Waals surface area contributed by atoms with E-state index in [1.54, 1.807) is 12.1 Å². The summed E-state index contributed by atoms with van der Waals surface area (Å²) in [6, 6.07) is 8.98. The third-order valence-corrected chi connectivity index (χ3v) is 4.73. The molecular weight excluding hydrogens is 368 g/mol. The fourth-order valence-electron chi connectivity index (χ4n) is 1.99. The zero-order valence-corrected chi connectivity index (χ0v) is 15.4. The van der Waals surface area contributed by atoms with Crippen LogP contribution in [0.4, 0.5) is 0 Å². The molecule has 0 unspecified atom stereocenters. The molecule has 134 valence electrons. The van der Waals surface area contributed by atoms with Gasteiger partial charge in [-0.15, -0.1) is 0 Å². The fraction of sp³-hybridized carbons (Fsp3) is 0.188. The molecule has 0 aromatic heterocycles. The fourth-order valence-corrected chi connectivity index (χ4v) is 2.90. The number of hydrogen-bond acceptors (Lipinski definition) is 6. The van der Waals surface area contributed by atoms with Gasteiger partial charge in [-0.05, 0) is 30.3 Å². The molecule has 0 bridgehead atoms. The van der Waals surface area contributed by atoms with Crippen LogP contribution in [0.25, 0.3) is 0 Å². The Labute approximate surface area is 151 Å². The molecule has 0 saturated heterocycles. The van der Waals surface area contributed by atoms with Crippen molar-refractivity contribution in [3.63, 3.8) is 0 Å². The summed E-state index contributed by atoms with van der Waals surface area (Å²) >= 11 is 5.75. The van der Waals surface area contributed by atoms with Crippen LogP contribution in [0.1, 0.15) is 5.56 Å². The highest BCUT2D eigenvalue weighted by atomic mass is 35.5. The first-order chi connectivity index (χ1) is 11.9. The molecule has 0 amide bonds. The number of hydrogen-bond donors (Lipinski definition) is 1. The van der Waals surface area contributed by atoms with Gasteiger partial charge in [0.05, 0.1) is 32.4 Å². The summed E-state index contributed by atoms with van der Waals surface area (Å²) in [5.41, 5.74) is 0.513. The van der Waals surface area contributed by atoms with E-state index >= 15 is 0 Å². The normalized spacial score (nSPS) is 11.4. The molecule has 0 saturated carbocycles. The molecule has 1 N–H and O–H groups in total. The van der Waals surface area contributed by atoms with Crippen molar-refractivity contribution in [2.45, 2.75) is 4.90 Å². The monoisotopic (exact) mass is 384 g/mol. The second-order valence-corrected chi connectivity index (χ2v) is 6.85. The minimum atomic E-state index is -3.80. The zero-order valence-electron chi connectivity index (χ0n) is 13.8. The third kappa shape index (κ3) is 4.55. The van der Waals surface area contributed by atoms with Crippen LogP contribution < -0.4 is 19.0 Å². The lowest BCUT2D eigenvalue weighted by Crippen LogP contribution is -2.18. The van der Waals surface area contributed by atoms with Crippen molar-refractivity contribution < 1.29 is 22.6 Å². The molecule has 9 heteroatoms. The molecule has 0 aliphatic carbocycles. The van der Waals surface area contributed by atoms with Gasteiger partial charge in [-0.25, -0.2) is 4.83 Å². The Kier molecular flexibility index (Phi) is 6.11.